The average Bonchev–Trinajstić information content (AvgIpc) is 1.93. The van der Waals surface area contributed by atoms with Gasteiger partial charge >= 0.3 is 0 Å². The van der Waals surface area contributed by atoms with Gasteiger partial charge in [0.05, 0.1) is 6.10 Å². The number of hydrogen-bond acceptors (Lipinski definition) is 3. The molecule has 0 amide bonds. The van der Waals surface area contributed by atoms with Crippen molar-refractivity contribution in [2.24, 2.45) is 0 Å². The smallest absolute Gasteiger partial charge is 0.0706 e. The molecule has 0 bridgehead atoms. The summed E-state index contributed by atoms with van der Waals surface area (Å²) in [5.74, 6) is 0. The molecule has 66 valence electrons. The fraction of sp³-hybridized carbons (Fsp3) is 1.00. The van der Waals surface area contributed by atoms with Gasteiger partial charge < -0.3 is 15.3 Å². The maximum Gasteiger partial charge on any atom is 0.0706 e. The van der Waals surface area contributed by atoms with Gasteiger partial charge in [0, 0.05) is 12.6 Å². The van der Waals surface area contributed by atoms with Gasteiger partial charge in [-0.05, 0) is 33.5 Å². The van der Waals surface area contributed by atoms with Gasteiger partial charge in [0.25, 0.3) is 0 Å². The van der Waals surface area contributed by atoms with Crippen molar-refractivity contribution in [1.82, 2.24) is 10.2 Å². The molecule has 0 aromatic rings. The summed E-state index contributed by atoms with van der Waals surface area (Å²) in [5.41, 5.74) is 0. The van der Waals surface area contributed by atoms with Crippen LogP contribution in [0.15, 0.2) is 0 Å². The molecule has 2 atom stereocenters. The number of nitrogens with zero attached hydrogens (tertiary/aromatic N) is 1. The highest BCUT2D eigenvalue weighted by molar-refractivity contribution is 4.81. The van der Waals surface area contributed by atoms with Crippen molar-refractivity contribution in [3.8, 4) is 0 Å². The van der Waals surface area contributed by atoms with Crippen molar-refractivity contribution >= 4 is 0 Å². The van der Waals surface area contributed by atoms with E-state index in [0.717, 1.165) is 25.9 Å². The van der Waals surface area contributed by atoms with Crippen LogP contribution in [0.1, 0.15) is 12.8 Å². The minimum atomic E-state index is -0.147. The molecule has 3 nitrogen and oxygen atoms in total. The minimum absolute atomic E-state index is 0.147. The number of piperidine rings is 1. The first-order valence-electron chi connectivity index (χ1n) is 4.26. The van der Waals surface area contributed by atoms with Crippen LogP contribution in [0.4, 0.5) is 0 Å². The predicted octanol–water partition coefficient (Wildman–Crippen LogP) is -0.339. The molecule has 1 rings (SSSR count). The fourth-order valence-corrected chi connectivity index (χ4v) is 1.52. The number of aliphatic hydroxyl groups is 1. The summed E-state index contributed by atoms with van der Waals surface area (Å²) in [6.45, 7) is 1.98. The van der Waals surface area contributed by atoms with Crippen molar-refractivity contribution in [3.63, 3.8) is 0 Å². The molecule has 1 aliphatic rings. The Morgan fingerprint density at radius 2 is 2.27 bits per heavy atom. The maximum atomic E-state index is 9.53. The number of aliphatic hydroxyl groups excluding tert-OH is 1. The topological polar surface area (TPSA) is 35.5 Å². The van der Waals surface area contributed by atoms with E-state index in [2.05, 4.69) is 10.2 Å². The van der Waals surface area contributed by atoms with E-state index in [-0.39, 0.29) is 12.1 Å². The summed E-state index contributed by atoms with van der Waals surface area (Å²) < 4.78 is 0. The molecule has 11 heavy (non-hydrogen) atoms. The molecular weight excluding hydrogens is 140 g/mol. The molecule has 0 aromatic carbocycles. The quantitative estimate of drug-likeness (QED) is 0.577. The second kappa shape index (κ2) is 4.04. The first-order valence-corrected chi connectivity index (χ1v) is 4.26. The molecule has 1 saturated heterocycles. The van der Waals surface area contributed by atoms with E-state index in [9.17, 15) is 5.11 Å². The Balaban J connectivity index is 2.29. The number of hydrogen-bond donors (Lipinski definition) is 2. The summed E-state index contributed by atoms with van der Waals surface area (Å²) in [6, 6.07) is 0.277. The molecule has 3 heteroatoms. The van der Waals surface area contributed by atoms with Gasteiger partial charge in [0.1, 0.15) is 0 Å². The second-order valence-corrected chi connectivity index (χ2v) is 3.53. The Labute approximate surface area is 68.4 Å². The van der Waals surface area contributed by atoms with E-state index in [1.165, 1.54) is 0 Å². The molecule has 0 spiro atoms. The summed E-state index contributed by atoms with van der Waals surface area (Å²) in [7, 11) is 4.06. The molecule has 0 unspecified atom stereocenters. The number of nitrogens with one attached hydrogen (secondary N) is 1. The summed E-state index contributed by atoms with van der Waals surface area (Å²) in [4.78, 5) is 2.10. The molecule has 1 fully saturated rings. The highest BCUT2D eigenvalue weighted by Gasteiger charge is 2.22. The predicted molar refractivity (Wildman–Crippen MR) is 45.6 cm³/mol. The van der Waals surface area contributed by atoms with Crippen LogP contribution in [-0.4, -0.2) is 49.3 Å². The van der Waals surface area contributed by atoms with Crippen LogP contribution < -0.4 is 5.32 Å². The maximum absolute atomic E-state index is 9.53. The molecule has 2 N–H and O–H groups in total. The van der Waals surface area contributed by atoms with E-state index < -0.39 is 0 Å². The van der Waals surface area contributed by atoms with E-state index in [1.54, 1.807) is 0 Å². The third-order valence-electron chi connectivity index (χ3n) is 2.11. The molecule has 0 aliphatic carbocycles. The third-order valence-corrected chi connectivity index (χ3v) is 2.11. The monoisotopic (exact) mass is 158 g/mol. The highest BCUT2D eigenvalue weighted by atomic mass is 16.3. The standard InChI is InChI=1S/C8H18N2O/c1-10(2)6-7-8(11)4-3-5-9-7/h7-9,11H,3-6H2,1-2H3/t7-,8+/m1/s1. The number of rotatable bonds is 2. The lowest BCUT2D eigenvalue weighted by atomic mass is 10.0. The van der Waals surface area contributed by atoms with E-state index in [1.807, 2.05) is 14.1 Å². The van der Waals surface area contributed by atoms with Crippen LogP contribution in [0, 0.1) is 0 Å². The largest absolute Gasteiger partial charge is 0.391 e. The van der Waals surface area contributed by atoms with Crippen LogP contribution in [0.2, 0.25) is 0 Å². The Morgan fingerprint density at radius 1 is 1.55 bits per heavy atom. The highest BCUT2D eigenvalue weighted by Crippen LogP contribution is 2.08. The number of likely N-dealkylation sites (N-methyl/N-ethyl adjacent to an activating group) is 1. The van der Waals surface area contributed by atoms with Crippen molar-refractivity contribution in [2.45, 2.75) is 25.0 Å². The first-order chi connectivity index (χ1) is 5.20. The Morgan fingerprint density at radius 3 is 2.82 bits per heavy atom. The Hall–Kier alpha value is -0.120. The second-order valence-electron chi connectivity index (χ2n) is 3.53. The third kappa shape index (κ3) is 2.77. The lowest BCUT2D eigenvalue weighted by molar-refractivity contribution is 0.0831. The van der Waals surface area contributed by atoms with Crippen molar-refractivity contribution < 1.29 is 5.11 Å². The SMILES string of the molecule is CN(C)C[C@H]1NCCC[C@@H]1O. The first kappa shape index (κ1) is 8.97. The van der Waals surface area contributed by atoms with Crippen LogP contribution in [-0.2, 0) is 0 Å². The molecule has 1 aliphatic heterocycles. The van der Waals surface area contributed by atoms with Gasteiger partial charge in [0.2, 0.25) is 0 Å². The molecule has 0 radical (unpaired) electrons. The van der Waals surface area contributed by atoms with Gasteiger partial charge in [-0.3, -0.25) is 0 Å². The summed E-state index contributed by atoms with van der Waals surface area (Å²) in [6.07, 6.45) is 1.91. The van der Waals surface area contributed by atoms with Crippen molar-refractivity contribution in [3.05, 3.63) is 0 Å². The zero-order chi connectivity index (χ0) is 8.27. The van der Waals surface area contributed by atoms with Gasteiger partial charge in [-0.2, -0.15) is 0 Å². The van der Waals surface area contributed by atoms with Gasteiger partial charge in [-0.1, -0.05) is 0 Å². The van der Waals surface area contributed by atoms with E-state index in [0.29, 0.717) is 0 Å². The van der Waals surface area contributed by atoms with Gasteiger partial charge in [-0.15, -0.1) is 0 Å². The Bertz CT molecular complexity index is 117. The fourth-order valence-electron chi connectivity index (χ4n) is 1.52. The lowest BCUT2D eigenvalue weighted by Crippen LogP contribution is -2.50. The van der Waals surface area contributed by atoms with Crippen LogP contribution in [0.25, 0.3) is 0 Å². The molecule has 0 aromatic heterocycles. The zero-order valence-electron chi connectivity index (χ0n) is 7.38. The van der Waals surface area contributed by atoms with E-state index in [4.69, 9.17) is 0 Å². The van der Waals surface area contributed by atoms with E-state index >= 15 is 0 Å². The van der Waals surface area contributed by atoms with Gasteiger partial charge in [-0.25, -0.2) is 0 Å². The molecule has 0 saturated carbocycles. The van der Waals surface area contributed by atoms with Crippen LogP contribution >= 0.6 is 0 Å². The minimum Gasteiger partial charge on any atom is -0.391 e. The van der Waals surface area contributed by atoms with Crippen LogP contribution in [0.5, 0.6) is 0 Å². The van der Waals surface area contributed by atoms with Crippen LogP contribution in [0.3, 0.4) is 0 Å². The van der Waals surface area contributed by atoms with Crippen molar-refractivity contribution in [2.75, 3.05) is 27.2 Å². The molecule has 1 heterocycles. The van der Waals surface area contributed by atoms with Gasteiger partial charge in [0.15, 0.2) is 0 Å². The van der Waals surface area contributed by atoms with Crippen molar-refractivity contribution in [1.29, 1.82) is 0 Å². The molecular formula is C8H18N2O. The normalized spacial score (nSPS) is 32.7. The lowest BCUT2D eigenvalue weighted by Gasteiger charge is -2.30. The zero-order valence-corrected chi connectivity index (χ0v) is 7.38. The summed E-state index contributed by atoms with van der Waals surface area (Å²) >= 11 is 0. The average molecular weight is 158 g/mol. The Kier molecular flexibility index (Phi) is 3.30. The summed E-state index contributed by atoms with van der Waals surface area (Å²) in [5, 5.41) is 12.8.